The number of aliphatic carboxylic acids is 1. The number of para-hydroxylation sites is 1. The van der Waals surface area contributed by atoms with E-state index >= 15 is 0 Å². The van der Waals surface area contributed by atoms with Gasteiger partial charge in [0.2, 0.25) is 0 Å². The van der Waals surface area contributed by atoms with E-state index < -0.39 is 23.4 Å². The van der Waals surface area contributed by atoms with Crippen LogP contribution in [-0.4, -0.2) is 53.7 Å². The van der Waals surface area contributed by atoms with Crippen molar-refractivity contribution < 1.29 is 15.0 Å². The minimum atomic E-state index is -1.30. The van der Waals surface area contributed by atoms with Crippen LogP contribution in [0.15, 0.2) is 24.3 Å². The molecule has 0 N–H and O–H groups in total. The fourth-order valence-corrected chi connectivity index (χ4v) is 2.81. The quantitative estimate of drug-likeness (QED) is 0.579. The molecule has 0 aliphatic heterocycles. The standard InChI is InChI=1S/C11H9NO3S2.Ca/c13-9(14)5-6(11(15)16)10-12-7-3-1-2-4-8(7)17-10;/h1-4,6H,5H2,(H,13,14)(H,15,16);/q;+2/p-2. The van der Waals surface area contributed by atoms with Crippen LogP contribution in [0.25, 0.3) is 10.2 Å². The molecule has 0 saturated carbocycles. The summed E-state index contributed by atoms with van der Waals surface area (Å²) < 4.78 is 0.905. The first-order chi connectivity index (χ1) is 8.08. The molecule has 1 atom stereocenters. The normalized spacial score (nSPS) is 11.8. The molecule has 7 heteroatoms. The van der Waals surface area contributed by atoms with Crippen LogP contribution in [0.4, 0.5) is 0 Å². The van der Waals surface area contributed by atoms with Gasteiger partial charge in [0.1, 0.15) is 5.01 Å². The molecule has 0 fully saturated rings. The molecule has 0 aliphatic carbocycles. The third-order valence-corrected chi connectivity index (χ3v) is 3.70. The third kappa shape index (κ3) is 3.61. The summed E-state index contributed by atoms with van der Waals surface area (Å²) in [4.78, 5) is 14.8. The Hall–Kier alpha value is -0.270. The first-order valence-electron chi connectivity index (χ1n) is 4.84. The maximum atomic E-state index is 11.2. The summed E-state index contributed by atoms with van der Waals surface area (Å²) in [7, 11) is 0. The maximum absolute atomic E-state index is 11.2. The number of nitrogens with zero attached hydrogens (tertiary/aromatic N) is 1. The number of carboxylic acids is 1. The number of carboxylic acid groups (broad SMARTS) is 1. The molecule has 0 spiro atoms. The topological polar surface area (TPSA) is 76.1 Å². The van der Waals surface area contributed by atoms with E-state index in [1.165, 1.54) is 11.3 Å². The predicted octanol–water partition coefficient (Wildman–Crippen LogP) is -0.173. The molecule has 2 rings (SSSR count). The van der Waals surface area contributed by atoms with Gasteiger partial charge in [0.05, 0.1) is 10.2 Å². The number of rotatable bonds is 4. The van der Waals surface area contributed by atoms with Crippen LogP contribution >= 0.6 is 23.6 Å². The van der Waals surface area contributed by atoms with Gasteiger partial charge in [-0.1, -0.05) is 17.2 Å². The molecule has 0 bridgehead atoms. The summed E-state index contributed by atoms with van der Waals surface area (Å²) in [5.41, 5.74) is 0.743. The Morgan fingerprint density at radius 3 is 2.61 bits per heavy atom. The number of hydrogen-bond donors (Lipinski definition) is 0. The first kappa shape index (κ1) is 15.8. The number of hydrogen-bond acceptors (Lipinski definition) is 6. The molecule has 2 aromatic rings. The molecule has 0 amide bonds. The maximum Gasteiger partial charge on any atom is 2.00 e. The summed E-state index contributed by atoms with van der Waals surface area (Å²) >= 11 is 5.83. The van der Waals surface area contributed by atoms with Gasteiger partial charge < -0.3 is 15.0 Å². The molecule has 4 nitrogen and oxygen atoms in total. The Morgan fingerprint density at radius 2 is 2.06 bits per heavy atom. The number of fused-ring (bicyclic) bond motifs is 1. The SMILES string of the molecule is O=C([O-])CC(C([O-])=S)c1nc2ccccc2s1.[Ca+2]. The molecule has 0 radical (unpaired) electrons. The Balaban J connectivity index is 0.00000162. The van der Waals surface area contributed by atoms with Crippen molar-refractivity contribution in [2.24, 2.45) is 0 Å². The fraction of sp³-hybridized carbons (Fsp3) is 0.182. The van der Waals surface area contributed by atoms with Crippen molar-refractivity contribution >= 4 is 82.5 Å². The van der Waals surface area contributed by atoms with Crippen molar-refractivity contribution in [3.05, 3.63) is 29.3 Å². The van der Waals surface area contributed by atoms with E-state index in [4.69, 9.17) is 0 Å². The number of carbonyl (C=O) groups is 1. The van der Waals surface area contributed by atoms with Crippen LogP contribution in [0.5, 0.6) is 0 Å². The molecule has 1 heterocycles. The van der Waals surface area contributed by atoms with Crippen LogP contribution in [0.3, 0.4) is 0 Å². The van der Waals surface area contributed by atoms with Gasteiger partial charge in [-0.2, -0.15) is 0 Å². The van der Waals surface area contributed by atoms with E-state index in [-0.39, 0.29) is 37.7 Å². The van der Waals surface area contributed by atoms with Crippen LogP contribution in [0.1, 0.15) is 17.3 Å². The summed E-state index contributed by atoms with van der Waals surface area (Å²) in [6.45, 7) is 0. The Bertz CT molecular complexity index is 551. The van der Waals surface area contributed by atoms with Gasteiger partial charge in [-0.15, -0.1) is 23.6 Å². The monoisotopic (exact) mass is 305 g/mol. The minimum Gasteiger partial charge on any atom is -0.867 e. The summed E-state index contributed by atoms with van der Waals surface area (Å²) in [6, 6.07) is 7.35. The largest absolute Gasteiger partial charge is 2.00 e. The van der Waals surface area contributed by atoms with Crippen molar-refractivity contribution in [3.8, 4) is 0 Å². The Labute approximate surface area is 143 Å². The number of thiocarbonyl (C=S) groups is 1. The van der Waals surface area contributed by atoms with Gasteiger partial charge in [0.15, 0.2) is 0 Å². The second kappa shape index (κ2) is 6.77. The third-order valence-electron chi connectivity index (χ3n) is 2.26. The smallest absolute Gasteiger partial charge is 0.867 e. The zero-order valence-corrected chi connectivity index (χ0v) is 13.1. The Kier molecular flexibility index (Phi) is 5.94. The average molecular weight is 305 g/mol. The van der Waals surface area contributed by atoms with Crippen molar-refractivity contribution in [2.45, 2.75) is 12.3 Å². The van der Waals surface area contributed by atoms with Crippen molar-refractivity contribution in [3.63, 3.8) is 0 Å². The molecule has 1 aromatic carbocycles. The van der Waals surface area contributed by atoms with Gasteiger partial charge in [-0.3, -0.25) is 0 Å². The predicted molar refractivity (Wildman–Crippen MR) is 70.3 cm³/mol. The van der Waals surface area contributed by atoms with Crippen LogP contribution < -0.4 is 10.2 Å². The van der Waals surface area contributed by atoms with E-state index in [9.17, 15) is 15.0 Å². The second-order valence-electron chi connectivity index (χ2n) is 3.47. The number of aromatic nitrogens is 1. The first-order valence-corrected chi connectivity index (χ1v) is 6.06. The van der Waals surface area contributed by atoms with E-state index in [0.29, 0.717) is 5.01 Å². The van der Waals surface area contributed by atoms with Gasteiger partial charge in [-0.25, -0.2) is 4.98 Å². The fourth-order valence-electron chi connectivity index (χ4n) is 1.48. The van der Waals surface area contributed by atoms with Crippen molar-refractivity contribution in [1.29, 1.82) is 0 Å². The summed E-state index contributed by atoms with van der Waals surface area (Å²) in [6.07, 6.45) is -0.415. The zero-order valence-electron chi connectivity index (χ0n) is 9.29. The van der Waals surface area contributed by atoms with Crippen molar-refractivity contribution in [1.82, 2.24) is 4.98 Å². The summed E-state index contributed by atoms with van der Waals surface area (Å²) in [5, 5.41) is 21.6. The van der Waals surface area contributed by atoms with Crippen molar-refractivity contribution in [2.75, 3.05) is 0 Å². The zero-order chi connectivity index (χ0) is 12.4. The number of thiazole rings is 1. The molecule has 1 unspecified atom stereocenters. The molecule has 1 aromatic heterocycles. The Morgan fingerprint density at radius 1 is 1.39 bits per heavy atom. The number of carbonyl (C=O) groups excluding carboxylic acids is 1. The minimum absolute atomic E-state index is 0. The molecular formula is C11H7CaNO3S2. The van der Waals surface area contributed by atoms with Gasteiger partial charge in [0.25, 0.3) is 0 Å². The van der Waals surface area contributed by atoms with E-state index in [1.54, 1.807) is 6.07 Å². The summed E-state index contributed by atoms with van der Waals surface area (Å²) in [5.74, 6) is -2.18. The molecule has 0 saturated heterocycles. The van der Waals surface area contributed by atoms with Gasteiger partial charge in [-0.05, 0) is 18.6 Å². The molecule has 18 heavy (non-hydrogen) atoms. The van der Waals surface area contributed by atoms with Crippen LogP contribution in [0.2, 0.25) is 0 Å². The van der Waals surface area contributed by atoms with E-state index in [2.05, 4.69) is 17.2 Å². The van der Waals surface area contributed by atoms with Gasteiger partial charge >= 0.3 is 37.7 Å². The van der Waals surface area contributed by atoms with Crippen LogP contribution in [0, 0.1) is 0 Å². The molecule has 0 aliphatic rings. The van der Waals surface area contributed by atoms with E-state index in [0.717, 1.165) is 10.2 Å². The molecule has 88 valence electrons. The van der Waals surface area contributed by atoms with Crippen LogP contribution in [-0.2, 0) is 4.79 Å². The number of benzene rings is 1. The van der Waals surface area contributed by atoms with Gasteiger partial charge in [0, 0.05) is 11.9 Å². The second-order valence-corrected chi connectivity index (χ2v) is 4.93. The average Bonchev–Trinajstić information content (AvgIpc) is 2.68. The van der Waals surface area contributed by atoms with E-state index in [1.807, 2.05) is 18.2 Å². The molecular weight excluding hydrogens is 298 g/mol.